The summed E-state index contributed by atoms with van der Waals surface area (Å²) in [7, 11) is 0. The minimum atomic E-state index is 0.0749. The fraction of sp³-hybridized carbons (Fsp3) is 0.438. The van der Waals surface area contributed by atoms with Crippen LogP contribution in [0.3, 0.4) is 0 Å². The number of aryl methyl sites for hydroxylation is 1. The molecule has 0 aliphatic heterocycles. The number of fused-ring (bicyclic) bond motifs is 1. The number of carbonyl (C=O) groups excluding carboxylic acids is 1. The molecular weight excluding hydrogens is 286 g/mol. The van der Waals surface area contributed by atoms with Gasteiger partial charge in [0.05, 0.1) is 11.4 Å². The van der Waals surface area contributed by atoms with Gasteiger partial charge in [0.25, 0.3) is 5.91 Å². The van der Waals surface area contributed by atoms with Crippen molar-refractivity contribution in [3.63, 3.8) is 0 Å². The minimum absolute atomic E-state index is 0.0749. The molecule has 2 aromatic rings. The molecule has 0 spiro atoms. The maximum atomic E-state index is 12.2. The predicted molar refractivity (Wildman–Crippen MR) is 85.6 cm³/mol. The summed E-state index contributed by atoms with van der Waals surface area (Å²) in [5.41, 5.74) is 1.41. The second kappa shape index (κ2) is 6.10. The lowest BCUT2D eigenvalue weighted by Gasteiger charge is -2.19. The van der Waals surface area contributed by atoms with Crippen molar-refractivity contribution in [3.05, 3.63) is 43.8 Å². The molecule has 1 atom stereocenters. The highest BCUT2D eigenvalue weighted by Gasteiger charge is 2.21. The lowest BCUT2D eigenvalue weighted by molar-refractivity contribution is 0.0955. The molecule has 0 saturated heterocycles. The van der Waals surface area contributed by atoms with Crippen molar-refractivity contribution in [1.29, 1.82) is 0 Å². The van der Waals surface area contributed by atoms with Crippen molar-refractivity contribution in [3.8, 4) is 0 Å². The number of rotatable bonds is 4. The van der Waals surface area contributed by atoms with Gasteiger partial charge in [-0.25, -0.2) is 0 Å². The largest absolute Gasteiger partial charge is 0.346 e. The van der Waals surface area contributed by atoms with E-state index in [1.165, 1.54) is 28.2 Å². The smallest absolute Gasteiger partial charge is 0.261 e. The molecule has 3 rings (SSSR count). The molecule has 4 heteroatoms. The van der Waals surface area contributed by atoms with Crippen molar-refractivity contribution in [2.75, 3.05) is 0 Å². The number of carbonyl (C=O) groups is 1. The van der Waals surface area contributed by atoms with Gasteiger partial charge in [0.2, 0.25) is 0 Å². The Morgan fingerprint density at radius 2 is 2.40 bits per heavy atom. The van der Waals surface area contributed by atoms with Gasteiger partial charge >= 0.3 is 0 Å². The molecule has 0 radical (unpaired) electrons. The standard InChI is InChI=1S/C16H19NOS2/c1-2-11-5-6-14-12(8-11)9-15(20-14)16(18)17-10-13-4-3-7-19-13/h3-4,7,9,11H,2,5-6,8,10H2,1H3,(H,17,18)/t11-/m0/s1. The first kappa shape index (κ1) is 13.8. The van der Waals surface area contributed by atoms with E-state index in [4.69, 9.17) is 0 Å². The van der Waals surface area contributed by atoms with E-state index in [0.717, 1.165) is 23.6 Å². The maximum Gasteiger partial charge on any atom is 0.261 e. The summed E-state index contributed by atoms with van der Waals surface area (Å²) in [5.74, 6) is 0.880. The number of hydrogen-bond donors (Lipinski definition) is 1. The zero-order valence-electron chi connectivity index (χ0n) is 11.6. The zero-order valence-corrected chi connectivity index (χ0v) is 13.3. The van der Waals surface area contributed by atoms with E-state index in [1.807, 2.05) is 11.4 Å². The van der Waals surface area contributed by atoms with Gasteiger partial charge in [-0.2, -0.15) is 0 Å². The average molecular weight is 305 g/mol. The lowest BCUT2D eigenvalue weighted by atomic mass is 9.87. The van der Waals surface area contributed by atoms with Crippen LogP contribution in [0.15, 0.2) is 23.6 Å². The van der Waals surface area contributed by atoms with Crippen molar-refractivity contribution in [2.24, 2.45) is 5.92 Å². The fourth-order valence-corrected chi connectivity index (χ4v) is 4.50. The topological polar surface area (TPSA) is 29.1 Å². The van der Waals surface area contributed by atoms with E-state index in [9.17, 15) is 4.79 Å². The molecule has 1 aliphatic carbocycles. The van der Waals surface area contributed by atoms with Crippen molar-refractivity contribution < 1.29 is 4.79 Å². The quantitative estimate of drug-likeness (QED) is 0.898. The van der Waals surface area contributed by atoms with Crippen molar-refractivity contribution >= 4 is 28.6 Å². The SMILES string of the molecule is CC[C@H]1CCc2sc(C(=O)NCc3cccs3)cc2C1. The van der Waals surface area contributed by atoms with E-state index in [2.05, 4.69) is 24.4 Å². The highest BCUT2D eigenvalue weighted by atomic mass is 32.1. The number of thiophene rings is 2. The van der Waals surface area contributed by atoms with Crippen LogP contribution in [0.25, 0.3) is 0 Å². The summed E-state index contributed by atoms with van der Waals surface area (Å²) >= 11 is 3.36. The van der Waals surface area contributed by atoms with Crippen LogP contribution in [0.4, 0.5) is 0 Å². The summed E-state index contributed by atoms with van der Waals surface area (Å²) in [6.45, 7) is 2.90. The van der Waals surface area contributed by atoms with Gasteiger partial charge in [0.1, 0.15) is 0 Å². The van der Waals surface area contributed by atoms with Crippen LogP contribution in [0, 0.1) is 5.92 Å². The molecule has 2 nitrogen and oxygen atoms in total. The third kappa shape index (κ3) is 2.96. The first-order valence-electron chi connectivity index (χ1n) is 7.18. The molecule has 0 bridgehead atoms. The van der Waals surface area contributed by atoms with Crippen molar-refractivity contribution in [2.45, 2.75) is 39.2 Å². The first-order valence-corrected chi connectivity index (χ1v) is 8.88. The molecule has 1 N–H and O–H groups in total. The molecule has 2 aromatic heterocycles. The Hall–Kier alpha value is -1.13. The third-order valence-electron chi connectivity index (χ3n) is 3.99. The second-order valence-electron chi connectivity index (χ2n) is 5.34. The van der Waals surface area contributed by atoms with Gasteiger partial charge in [-0.3, -0.25) is 4.79 Å². The molecule has 0 aromatic carbocycles. The van der Waals surface area contributed by atoms with E-state index in [0.29, 0.717) is 6.54 Å². The zero-order chi connectivity index (χ0) is 13.9. The fourth-order valence-electron chi connectivity index (χ4n) is 2.73. The molecule has 106 valence electrons. The summed E-state index contributed by atoms with van der Waals surface area (Å²) in [5, 5.41) is 5.06. The summed E-state index contributed by atoms with van der Waals surface area (Å²) in [6, 6.07) is 6.18. The van der Waals surface area contributed by atoms with E-state index < -0.39 is 0 Å². The molecule has 0 saturated carbocycles. The molecule has 1 amide bonds. The number of amides is 1. The molecule has 0 fully saturated rings. The monoisotopic (exact) mass is 305 g/mol. The molecule has 2 heterocycles. The van der Waals surface area contributed by atoms with Gasteiger partial charge in [-0.15, -0.1) is 22.7 Å². The molecule has 0 unspecified atom stereocenters. The van der Waals surface area contributed by atoms with Gasteiger partial charge in [-0.05, 0) is 48.3 Å². The van der Waals surface area contributed by atoms with Gasteiger partial charge in [0, 0.05) is 9.75 Å². The Bertz CT molecular complexity index is 586. The minimum Gasteiger partial charge on any atom is -0.346 e. The molecular formula is C16H19NOS2. The maximum absolute atomic E-state index is 12.2. The Morgan fingerprint density at radius 3 is 3.15 bits per heavy atom. The van der Waals surface area contributed by atoms with Crippen LogP contribution >= 0.6 is 22.7 Å². The van der Waals surface area contributed by atoms with Crippen LogP contribution in [0.2, 0.25) is 0 Å². The van der Waals surface area contributed by atoms with Crippen LogP contribution in [0.5, 0.6) is 0 Å². The van der Waals surface area contributed by atoms with E-state index in [1.54, 1.807) is 22.7 Å². The Morgan fingerprint density at radius 1 is 1.50 bits per heavy atom. The van der Waals surface area contributed by atoms with Crippen LogP contribution in [-0.2, 0) is 19.4 Å². The van der Waals surface area contributed by atoms with Gasteiger partial charge in [0.15, 0.2) is 0 Å². The highest BCUT2D eigenvalue weighted by Crippen LogP contribution is 2.33. The second-order valence-corrected chi connectivity index (χ2v) is 7.51. The predicted octanol–water partition coefficient (Wildman–Crippen LogP) is 4.25. The third-order valence-corrected chi connectivity index (χ3v) is 6.10. The Labute approximate surface area is 127 Å². The Balaban J connectivity index is 1.65. The van der Waals surface area contributed by atoms with Crippen LogP contribution < -0.4 is 5.32 Å². The average Bonchev–Trinajstić information content (AvgIpc) is 3.12. The highest BCUT2D eigenvalue weighted by molar-refractivity contribution is 7.14. The van der Waals surface area contributed by atoms with E-state index in [-0.39, 0.29) is 5.91 Å². The Kier molecular flexibility index (Phi) is 4.22. The van der Waals surface area contributed by atoms with E-state index >= 15 is 0 Å². The van der Waals surface area contributed by atoms with Crippen LogP contribution in [0.1, 0.15) is 44.8 Å². The summed E-state index contributed by atoms with van der Waals surface area (Å²) in [4.78, 5) is 15.7. The number of hydrogen-bond acceptors (Lipinski definition) is 3. The normalized spacial score (nSPS) is 17.8. The van der Waals surface area contributed by atoms with Crippen LogP contribution in [-0.4, -0.2) is 5.91 Å². The van der Waals surface area contributed by atoms with Crippen molar-refractivity contribution in [1.82, 2.24) is 5.32 Å². The number of nitrogens with one attached hydrogen (secondary N) is 1. The summed E-state index contributed by atoms with van der Waals surface area (Å²) < 4.78 is 0. The lowest BCUT2D eigenvalue weighted by Crippen LogP contribution is -2.21. The van der Waals surface area contributed by atoms with Gasteiger partial charge < -0.3 is 5.32 Å². The van der Waals surface area contributed by atoms with Gasteiger partial charge in [-0.1, -0.05) is 19.4 Å². The molecule has 20 heavy (non-hydrogen) atoms. The summed E-state index contributed by atoms with van der Waals surface area (Å²) in [6.07, 6.45) is 4.83. The molecule has 1 aliphatic rings. The first-order chi connectivity index (χ1) is 9.76.